The molecule has 1 aromatic carbocycles. The van der Waals surface area contributed by atoms with Crippen LogP contribution in [0.3, 0.4) is 0 Å². The Kier molecular flexibility index (Phi) is 5.55. The summed E-state index contributed by atoms with van der Waals surface area (Å²) < 4.78 is 14.8. The fourth-order valence-electron chi connectivity index (χ4n) is 3.58. The number of H-pyrrole nitrogens is 1. The van der Waals surface area contributed by atoms with Crippen LogP contribution in [0.1, 0.15) is 36.0 Å². The van der Waals surface area contributed by atoms with Crippen LogP contribution in [0.25, 0.3) is 10.9 Å². The molecule has 0 bridgehead atoms. The molecular formula is C20H21FN6O3. The molecule has 0 atom stereocenters. The van der Waals surface area contributed by atoms with Gasteiger partial charge < -0.3 is 9.88 Å². The van der Waals surface area contributed by atoms with Gasteiger partial charge in [-0.05, 0) is 31.0 Å². The first-order valence-corrected chi connectivity index (χ1v) is 9.81. The monoisotopic (exact) mass is 412 g/mol. The molecule has 0 radical (unpaired) electrons. The van der Waals surface area contributed by atoms with Gasteiger partial charge in [-0.1, -0.05) is 12.8 Å². The highest BCUT2D eigenvalue weighted by molar-refractivity contribution is 6.11. The second-order valence-corrected chi connectivity index (χ2v) is 7.25. The van der Waals surface area contributed by atoms with Crippen LogP contribution in [0.4, 0.5) is 10.3 Å². The zero-order valence-electron chi connectivity index (χ0n) is 16.2. The number of amides is 2. The van der Waals surface area contributed by atoms with Gasteiger partial charge >= 0.3 is 0 Å². The molecule has 4 rings (SSSR count). The van der Waals surface area contributed by atoms with Crippen molar-refractivity contribution in [1.82, 2.24) is 24.6 Å². The first kappa shape index (κ1) is 19.7. The number of nitrogens with zero attached hydrogens (tertiary/aromatic N) is 4. The average molecular weight is 412 g/mol. The number of rotatable bonds is 4. The lowest BCUT2D eigenvalue weighted by atomic mass is 10.1. The molecule has 2 aromatic heterocycles. The molecule has 10 heteroatoms. The molecular weight excluding hydrogens is 391 g/mol. The second-order valence-electron chi connectivity index (χ2n) is 7.25. The molecule has 1 aliphatic rings. The number of hydrogen-bond acceptors (Lipinski definition) is 5. The number of benzene rings is 1. The fourth-order valence-corrected chi connectivity index (χ4v) is 3.58. The number of halogens is 1. The van der Waals surface area contributed by atoms with E-state index in [9.17, 15) is 18.8 Å². The number of fused-ring (bicyclic) bond motifs is 1. The molecule has 1 saturated heterocycles. The number of anilines is 1. The molecule has 1 aliphatic heterocycles. The third-order valence-corrected chi connectivity index (χ3v) is 5.07. The fraction of sp³-hybridized carbons (Fsp3) is 0.350. The van der Waals surface area contributed by atoms with Gasteiger partial charge in [-0.3, -0.25) is 19.7 Å². The highest BCUT2D eigenvalue weighted by Crippen LogP contribution is 2.17. The number of hydrogen-bond donors (Lipinski definition) is 2. The minimum Gasteiger partial charge on any atom is -0.341 e. The van der Waals surface area contributed by atoms with E-state index < -0.39 is 17.3 Å². The Balaban J connectivity index is 1.47. The SMILES string of the molecule is O=C(Nc1ncn(CC(=O)N2CCCCCC2)n1)c1cc(=O)[nH]c2cc(F)ccc12. The average Bonchev–Trinajstić information content (AvgIpc) is 2.97. The van der Waals surface area contributed by atoms with Crippen molar-refractivity contribution in [1.29, 1.82) is 0 Å². The molecule has 3 aromatic rings. The molecule has 156 valence electrons. The Bertz CT molecular complexity index is 1150. The Labute approximate surface area is 170 Å². The minimum atomic E-state index is -0.602. The van der Waals surface area contributed by atoms with Gasteiger partial charge in [-0.15, -0.1) is 5.10 Å². The lowest BCUT2D eigenvalue weighted by Gasteiger charge is -2.19. The van der Waals surface area contributed by atoms with Crippen LogP contribution in [-0.2, 0) is 11.3 Å². The summed E-state index contributed by atoms with van der Waals surface area (Å²) >= 11 is 0. The number of pyridine rings is 1. The quantitative estimate of drug-likeness (QED) is 0.680. The predicted molar refractivity (Wildman–Crippen MR) is 108 cm³/mol. The summed E-state index contributed by atoms with van der Waals surface area (Å²) in [5, 5.41) is 7.05. The van der Waals surface area contributed by atoms with Gasteiger partial charge in [0.2, 0.25) is 17.4 Å². The van der Waals surface area contributed by atoms with E-state index in [1.165, 1.54) is 23.1 Å². The highest BCUT2D eigenvalue weighted by Gasteiger charge is 2.18. The predicted octanol–water partition coefficient (Wildman–Crippen LogP) is 1.91. The summed E-state index contributed by atoms with van der Waals surface area (Å²) in [7, 11) is 0. The third-order valence-electron chi connectivity index (χ3n) is 5.07. The smallest absolute Gasteiger partial charge is 0.258 e. The number of carbonyl (C=O) groups is 2. The van der Waals surface area contributed by atoms with Crippen molar-refractivity contribution < 1.29 is 14.0 Å². The molecule has 2 amide bonds. The number of aromatic nitrogens is 4. The van der Waals surface area contributed by atoms with E-state index >= 15 is 0 Å². The van der Waals surface area contributed by atoms with Crippen molar-refractivity contribution >= 4 is 28.7 Å². The summed E-state index contributed by atoms with van der Waals surface area (Å²) in [5.74, 6) is -1.15. The molecule has 0 aliphatic carbocycles. The lowest BCUT2D eigenvalue weighted by molar-refractivity contribution is -0.132. The van der Waals surface area contributed by atoms with Gasteiger partial charge in [0.05, 0.1) is 11.1 Å². The highest BCUT2D eigenvalue weighted by atomic mass is 19.1. The van der Waals surface area contributed by atoms with Crippen LogP contribution in [0.5, 0.6) is 0 Å². The van der Waals surface area contributed by atoms with E-state index in [-0.39, 0.29) is 29.5 Å². The Hall–Kier alpha value is -3.56. The van der Waals surface area contributed by atoms with Crippen molar-refractivity contribution in [2.75, 3.05) is 18.4 Å². The van der Waals surface area contributed by atoms with Gasteiger partial charge in [0.1, 0.15) is 18.7 Å². The number of carbonyl (C=O) groups excluding carboxylic acids is 2. The van der Waals surface area contributed by atoms with Crippen LogP contribution in [0.2, 0.25) is 0 Å². The van der Waals surface area contributed by atoms with Crippen molar-refractivity contribution in [3.05, 3.63) is 52.3 Å². The van der Waals surface area contributed by atoms with E-state index in [2.05, 4.69) is 20.4 Å². The lowest BCUT2D eigenvalue weighted by Crippen LogP contribution is -2.34. The summed E-state index contributed by atoms with van der Waals surface area (Å²) in [6.07, 6.45) is 5.63. The first-order valence-electron chi connectivity index (χ1n) is 9.81. The molecule has 30 heavy (non-hydrogen) atoms. The summed E-state index contributed by atoms with van der Waals surface area (Å²) in [5.41, 5.74) is -0.236. The van der Waals surface area contributed by atoms with Gasteiger partial charge in [0, 0.05) is 24.5 Å². The third kappa shape index (κ3) is 4.37. The second kappa shape index (κ2) is 8.44. The van der Waals surface area contributed by atoms with E-state index in [0.717, 1.165) is 50.9 Å². The van der Waals surface area contributed by atoms with Crippen LogP contribution in [0, 0.1) is 5.82 Å². The number of aromatic amines is 1. The minimum absolute atomic E-state index is 0.0132. The van der Waals surface area contributed by atoms with Crippen LogP contribution in [0.15, 0.2) is 35.4 Å². The maximum absolute atomic E-state index is 13.4. The zero-order valence-corrected chi connectivity index (χ0v) is 16.2. The molecule has 0 unspecified atom stereocenters. The summed E-state index contributed by atoms with van der Waals surface area (Å²) in [6, 6.07) is 4.91. The Morgan fingerprint density at radius 3 is 2.67 bits per heavy atom. The molecule has 2 N–H and O–H groups in total. The maximum Gasteiger partial charge on any atom is 0.258 e. The molecule has 0 saturated carbocycles. The van der Waals surface area contributed by atoms with Crippen molar-refractivity contribution in [2.24, 2.45) is 0 Å². The van der Waals surface area contributed by atoms with E-state index in [0.29, 0.717) is 5.39 Å². The van der Waals surface area contributed by atoms with Crippen LogP contribution >= 0.6 is 0 Å². The first-order chi connectivity index (χ1) is 14.5. The van der Waals surface area contributed by atoms with Gasteiger partial charge in [-0.25, -0.2) is 14.1 Å². The van der Waals surface area contributed by atoms with Crippen molar-refractivity contribution in [2.45, 2.75) is 32.2 Å². The number of nitrogens with one attached hydrogen (secondary N) is 2. The Morgan fingerprint density at radius 1 is 1.13 bits per heavy atom. The normalized spacial score (nSPS) is 14.5. The molecule has 9 nitrogen and oxygen atoms in total. The largest absolute Gasteiger partial charge is 0.341 e. The van der Waals surface area contributed by atoms with E-state index in [1.54, 1.807) is 0 Å². The summed E-state index contributed by atoms with van der Waals surface area (Å²) in [6.45, 7) is 1.52. The van der Waals surface area contributed by atoms with Gasteiger partial charge in [-0.2, -0.15) is 0 Å². The topological polar surface area (TPSA) is 113 Å². The molecule has 3 heterocycles. The van der Waals surface area contributed by atoms with Crippen molar-refractivity contribution in [3.8, 4) is 0 Å². The molecule has 0 spiro atoms. The van der Waals surface area contributed by atoms with Gasteiger partial charge in [0.25, 0.3) is 5.91 Å². The van der Waals surface area contributed by atoms with E-state index in [4.69, 9.17) is 0 Å². The van der Waals surface area contributed by atoms with Gasteiger partial charge in [0.15, 0.2) is 0 Å². The molecule has 1 fully saturated rings. The van der Waals surface area contributed by atoms with Crippen molar-refractivity contribution in [3.63, 3.8) is 0 Å². The van der Waals surface area contributed by atoms with Crippen LogP contribution < -0.4 is 10.9 Å². The number of likely N-dealkylation sites (tertiary alicyclic amines) is 1. The van der Waals surface area contributed by atoms with Crippen LogP contribution in [-0.4, -0.2) is 49.6 Å². The van der Waals surface area contributed by atoms with E-state index in [1.807, 2.05) is 4.90 Å². The zero-order chi connectivity index (χ0) is 21.1. The maximum atomic E-state index is 13.4. The standard InChI is InChI=1S/C20H21FN6O3/c21-13-5-6-14-15(10-17(28)23-16(14)9-13)19(30)24-20-22-12-27(25-20)11-18(29)26-7-3-1-2-4-8-26/h5-6,9-10,12H,1-4,7-8,11H2,(H,23,28)(H,24,25,30). The summed E-state index contributed by atoms with van der Waals surface area (Å²) in [4.78, 5) is 45.3. The Morgan fingerprint density at radius 2 is 1.90 bits per heavy atom.